The third-order valence-corrected chi connectivity index (χ3v) is 3.47. The van der Waals surface area contributed by atoms with Crippen molar-refractivity contribution >= 4 is 5.78 Å². The number of aliphatic hydroxyl groups excluding tert-OH is 1. The molecule has 0 aromatic heterocycles. The van der Waals surface area contributed by atoms with Crippen LogP contribution in [0.1, 0.15) is 30.6 Å². The number of ether oxygens (including phenoxy) is 1. The molecule has 0 aliphatic rings. The molecule has 25 heavy (non-hydrogen) atoms. The van der Waals surface area contributed by atoms with E-state index in [0.717, 1.165) is 18.7 Å². The van der Waals surface area contributed by atoms with Crippen molar-refractivity contribution in [2.75, 3.05) is 26.7 Å². The van der Waals surface area contributed by atoms with Crippen molar-refractivity contribution in [3.05, 3.63) is 66.3 Å². The van der Waals surface area contributed by atoms with E-state index >= 15 is 0 Å². The zero-order valence-electron chi connectivity index (χ0n) is 15.4. The van der Waals surface area contributed by atoms with Gasteiger partial charge in [0.2, 0.25) is 0 Å². The van der Waals surface area contributed by atoms with Crippen LogP contribution in [0.4, 0.5) is 0 Å². The van der Waals surface area contributed by atoms with Gasteiger partial charge in [0.1, 0.15) is 12.4 Å². The highest BCUT2D eigenvalue weighted by Crippen LogP contribution is 2.14. The molecule has 4 nitrogen and oxygen atoms in total. The largest absolute Gasteiger partial charge is 0.490 e. The van der Waals surface area contributed by atoms with Gasteiger partial charge in [-0.3, -0.25) is 9.69 Å². The number of aliphatic hydroxyl groups is 1. The molecule has 0 fully saturated rings. The number of likely N-dealkylation sites (N-methyl/N-ethyl adjacent to an activating group) is 1. The average molecular weight is 343 g/mol. The molecule has 0 unspecified atom stereocenters. The molecule has 0 radical (unpaired) electrons. The molecule has 136 valence electrons. The van der Waals surface area contributed by atoms with Crippen LogP contribution in [0.25, 0.3) is 0 Å². The van der Waals surface area contributed by atoms with Gasteiger partial charge in [0.05, 0.1) is 6.10 Å². The van der Waals surface area contributed by atoms with Crippen molar-refractivity contribution in [1.82, 2.24) is 4.90 Å². The predicted molar refractivity (Wildman–Crippen MR) is 103 cm³/mol. The summed E-state index contributed by atoms with van der Waals surface area (Å²) in [5, 5.41) is 9.81. The van der Waals surface area contributed by atoms with Crippen LogP contribution in [0.3, 0.4) is 0 Å². The van der Waals surface area contributed by atoms with E-state index in [1.54, 1.807) is 30.3 Å². The maximum absolute atomic E-state index is 12.1. The van der Waals surface area contributed by atoms with E-state index in [-0.39, 0.29) is 12.2 Å². The van der Waals surface area contributed by atoms with Crippen molar-refractivity contribution in [3.63, 3.8) is 0 Å². The van der Waals surface area contributed by atoms with Gasteiger partial charge in [0.25, 0.3) is 0 Å². The Kier molecular flexibility index (Phi) is 9.51. The van der Waals surface area contributed by atoms with Crippen LogP contribution in [0.5, 0.6) is 5.75 Å². The summed E-state index contributed by atoms with van der Waals surface area (Å²) in [6.07, 6.45) is 6.92. The number of Topliss-reactive ketones (excluding diaryl/α,β-unsaturated/α-hetero) is 1. The van der Waals surface area contributed by atoms with Gasteiger partial charge in [-0.05, 0) is 45.2 Å². The van der Waals surface area contributed by atoms with Crippen molar-refractivity contribution in [1.29, 1.82) is 0 Å². The molecule has 1 aromatic rings. The molecule has 0 amide bonds. The average Bonchev–Trinajstić information content (AvgIpc) is 2.54. The van der Waals surface area contributed by atoms with Gasteiger partial charge in [0.15, 0.2) is 5.78 Å². The van der Waals surface area contributed by atoms with Gasteiger partial charge in [-0.15, -0.1) is 6.58 Å². The molecule has 4 heteroatoms. The quantitative estimate of drug-likeness (QED) is 0.492. The summed E-state index contributed by atoms with van der Waals surface area (Å²) in [5.74, 6) is 0.632. The van der Waals surface area contributed by atoms with Crippen LogP contribution >= 0.6 is 0 Å². The summed E-state index contributed by atoms with van der Waals surface area (Å²) < 4.78 is 5.62. The number of rotatable bonds is 11. The second-order valence-corrected chi connectivity index (χ2v) is 6.26. The fraction of sp³-hybridized carbons (Fsp3) is 0.381. The minimum absolute atomic E-state index is 0.0818. The number of carbonyl (C=O) groups excluding carboxylic acids is 1. The lowest BCUT2D eigenvalue weighted by Gasteiger charge is -2.10. The van der Waals surface area contributed by atoms with E-state index in [2.05, 4.69) is 11.5 Å². The lowest BCUT2D eigenvalue weighted by atomic mass is 10.0. The summed E-state index contributed by atoms with van der Waals surface area (Å²) >= 11 is 0. The van der Waals surface area contributed by atoms with E-state index in [9.17, 15) is 9.90 Å². The maximum Gasteiger partial charge on any atom is 0.165 e. The highest BCUT2D eigenvalue weighted by molar-refractivity contribution is 5.96. The molecule has 1 N–H and O–H groups in total. The fourth-order valence-corrected chi connectivity index (χ4v) is 2.25. The molecule has 0 saturated heterocycles. The van der Waals surface area contributed by atoms with Crippen LogP contribution in [-0.4, -0.2) is 48.6 Å². The Morgan fingerprint density at radius 2 is 1.92 bits per heavy atom. The van der Waals surface area contributed by atoms with Gasteiger partial charge in [0, 0.05) is 25.1 Å². The standard InChI is InChI=1S/C21H29NO3/c1-5-12-22(4)13-6-7-14-25-20-10-8-18(9-11-20)21(24)16-19(23)15-17(2)3/h5-11,15,19,23H,1,12-14,16H2,2-4H3/t19-/m1/s1. The van der Waals surface area contributed by atoms with Gasteiger partial charge < -0.3 is 9.84 Å². The number of hydrogen-bond acceptors (Lipinski definition) is 4. The Labute approximate surface area is 151 Å². The second kappa shape index (κ2) is 11.4. The first-order valence-electron chi connectivity index (χ1n) is 8.46. The lowest BCUT2D eigenvalue weighted by molar-refractivity contribution is 0.0922. The first-order chi connectivity index (χ1) is 11.9. The third-order valence-electron chi connectivity index (χ3n) is 3.47. The Morgan fingerprint density at radius 3 is 2.52 bits per heavy atom. The summed E-state index contributed by atoms with van der Waals surface area (Å²) in [6.45, 7) is 9.67. The van der Waals surface area contributed by atoms with Crippen molar-refractivity contribution < 1.29 is 14.6 Å². The van der Waals surface area contributed by atoms with Gasteiger partial charge in [-0.2, -0.15) is 0 Å². The summed E-state index contributed by atoms with van der Waals surface area (Å²) in [5.41, 5.74) is 1.57. The number of benzene rings is 1. The highest BCUT2D eigenvalue weighted by Gasteiger charge is 2.11. The third kappa shape index (κ3) is 9.03. The first kappa shape index (κ1) is 20.9. The molecule has 0 saturated carbocycles. The Bertz CT molecular complexity index is 598. The second-order valence-electron chi connectivity index (χ2n) is 6.26. The van der Waals surface area contributed by atoms with E-state index in [1.165, 1.54) is 0 Å². The molecule has 0 bridgehead atoms. The van der Waals surface area contributed by atoms with Crippen LogP contribution in [0.2, 0.25) is 0 Å². The molecule has 0 spiro atoms. The van der Waals surface area contributed by atoms with Gasteiger partial charge in [-0.1, -0.05) is 29.9 Å². The van der Waals surface area contributed by atoms with E-state index < -0.39 is 6.10 Å². The minimum Gasteiger partial charge on any atom is -0.490 e. The van der Waals surface area contributed by atoms with Crippen molar-refractivity contribution in [3.8, 4) is 5.75 Å². The van der Waals surface area contributed by atoms with Crippen LogP contribution in [0, 0.1) is 0 Å². The summed E-state index contributed by atoms with van der Waals surface area (Å²) in [6, 6.07) is 7.01. The smallest absolute Gasteiger partial charge is 0.165 e. The number of nitrogens with zero attached hydrogens (tertiary/aromatic N) is 1. The van der Waals surface area contributed by atoms with E-state index in [1.807, 2.05) is 39.1 Å². The molecule has 1 rings (SSSR count). The molecule has 1 atom stereocenters. The normalized spacial score (nSPS) is 12.2. The number of ketones is 1. The molecule has 0 aliphatic carbocycles. The Morgan fingerprint density at radius 1 is 1.24 bits per heavy atom. The maximum atomic E-state index is 12.1. The van der Waals surface area contributed by atoms with Crippen LogP contribution in [-0.2, 0) is 0 Å². The van der Waals surface area contributed by atoms with Crippen LogP contribution in [0.15, 0.2) is 60.7 Å². The molecular weight excluding hydrogens is 314 g/mol. The first-order valence-corrected chi connectivity index (χ1v) is 8.46. The molecule has 0 heterocycles. The van der Waals surface area contributed by atoms with E-state index in [0.29, 0.717) is 17.9 Å². The van der Waals surface area contributed by atoms with Crippen LogP contribution < -0.4 is 4.74 Å². The monoisotopic (exact) mass is 343 g/mol. The number of hydrogen-bond donors (Lipinski definition) is 1. The van der Waals surface area contributed by atoms with Crippen molar-refractivity contribution in [2.24, 2.45) is 0 Å². The molecular formula is C21H29NO3. The van der Waals surface area contributed by atoms with Gasteiger partial charge in [-0.25, -0.2) is 0 Å². The zero-order valence-corrected chi connectivity index (χ0v) is 15.4. The fourth-order valence-electron chi connectivity index (χ4n) is 2.25. The Balaban J connectivity index is 2.43. The van der Waals surface area contributed by atoms with Crippen molar-refractivity contribution in [2.45, 2.75) is 26.4 Å². The Hall–Kier alpha value is -2.17. The molecule has 0 aliphatic heterocycles. The SMILES string of the molecule is C=CCN(C)CC=CCOc1ccc(C(=O)C[C@H](O)C=C(C)C)cc1. The van der Waals surface area contributed by atoms with Gasteiger partial charge >= 0.3 is 0 Å². The minimum atomic E-state index is -0.738. The predicted octanol–water partition coefficient (Wildman–Crippen LogP) is 3.64. The summed E-state index contributed by atoms with van der Waals surface area (Å²) in [7, 11) is 2.02. The van der Waals surface area contributed by atoms with E-state index in [4.69, 9.17) is 4.74 Å². The highest BCUT2D eigenvalue weighted by atomic mass is 16.5. The summed E-state index contributed by atoms with van der Waals surface area (Å²) in [4.78, 5) is 14.2. The number of allylic oxidation sites excluding steroid dienone is 1. The topological polar surface area (TPSA) is 49.8 Å². The lowest BCUT2D eigenvalue weighted by Crippen LogP contribution is -2.17. The molecule has 1 aromatic carbocycles. The number of carbonyl (C=O) groups is 1. The zero-order chi connectivity index (χ0) is 18.7.